The topological polar surface area (TPSA) is 25.2 Å². The van der Waals surface area contributed by atoms with Crippen molar-refractivity contribution in [2.75, 3.05) is 6.54 Å². The number of hydrogen-bond acceptors (Lipinski definition) is 2. The highest BCUT2D eigenvalue weighted by Crippen LogP contribution is 2.12. The van der Waals surface area contributed by atoms with Crippen LogP contribution >= 0.6 is 0 Å². The van der Waals surface area contributed by atoms with E-state index in [1.54, 1.807) is 6.26 Å². The van der Waals surface area contributed by atoms with Crippen LogP contribution in [0.1, 0.15) is 32.1 Å². The molecule has 72 valence electrons. The summed E-state index contributed by atoms with van der Waals surface area (Å²) in [6.45, 7) is 8.99. The zero-order valence-electron chi connectivity index (χ0n) is 8.34. The highest BCUT2D eigenvalue weighted by atomic mass is 16.3. The molecule has 0 fully saturated rings. The maximum Gasteiger partial charge on any atom is 0.120 e. The minimum Gasteiger partial charge on any atom is -0.468 e. The summed E-state index contributed by atoms with van der Waals surface area (Å²) in [5, 5.41) is 3.34. The van der Waals surface area contributed by atoms with E-state index in [0.29, 0.717) is 0 Å². The minimum atomic E-state index is 0.262. The molecule has 2 nitrogen and oxygen atoms in total. The van der Waals surface area contributed by atoms with Crippen molar-refractivity contribution in [3.8, 4) is 0 Å². The van der Waals surface area contributed by atoms with Crippen LogP contribution in [0, 0.1) is 0 Å². The third-order valence-corrected chi connectivity index (χ3v) is 2.13. The Hall–Kier alpha value is -1.02. The Morgan fingerprint density at radius 1 is 1.69 bits per heavy atom. The van der Waals surface area contributed by atoms with Crippen LogP contribution in [0.2, 0.25) is 0 Å². The average Bonchev–Trinajstić information content (AvgIpc) is 2.66. The summed E-state index contributed by atoms with van der Waals surface area (Å²) >= 11 is 0. The molecule has 1 N–H and O–H groups in total. The molecule has 0 aliphatic carbocycles. The van der Waals surface area contributed by atoms with Gasteiger partial charge in [0.15, 0.2) is 0 Å². The predicted molar refractivity (Wildman–Crippen MR) is 54.6 cm³/mol. The molecule has 0 aromatic carbocycles. The number of rotatable bonds is 5. The van der Waals surface area contributed by atoms with Gasteiger partial charge >= 0.3 is 0 Å². The van der Waals surface area contributed by atoms with E-state index in [-0.39, 0.29) is 6.04 Å². The van der Waals surface area contributed by atoms with E-state index in [1.807, 2.05) is 12.1 Å². The van der Waals surface area contributed by atoms with E-state index in [0.717, 1.165) is 18.7 Å². The van der Waals surface area contributed by atoms with Gasteiger partial charge in [-0.15, -0.1) is 0 Å². The van der Waals surface area contributed by atoms with Crippen molar-refractivity contribution in [2.45, 2.75) is 26.3 Å². The quantitative estimate of drug-likeness (QED) is 0.703. The Bertz CT molecular complexity index is 251. The summed E-state index contributed by atoms with van der Waals surface area (Å²) in [5.41, 5.74) is 1.22. The molecule has 0 bridgehead atoms. The molecule has 1 unspecified atom stereocenters. The summed E-state index contributed by atoms with van der Waals surface area (Å²) in [6, 6.07) is 4.15. The lowest BCUT2D eigenvalue weighted by Gasteiger charge is -2.11. The van der Waals surface area contributed by atoms with E-state index in [4.69, 9.17) is 4.42 Å². The Balaban J connectivity index is 2.34. The summed E-state index contributed by atoms with van der Waals surface area (Å²) in [7, 11) is 0. The highest BCUT2D eigenvalue weighted by Gasteiger charge is 2.06. The molecule has 0 saturated heterocycles. The van der Waals surface area contributed by atoms with Crippen molar-refractivity contribution < 1.29 is 4.42 Å². The minimum absolute atomic E-state index is 0.262. The van der Waals surface area contributed by atoms with Gasteiger partial charge in [-0.1, -0.05) is 19.1 Å². The Morgan fingerprint density at radius 2 is 2.46 bits per heavy atom. The van der Waals surface area contributed by atoms with Crippen LogP contribution in [0.25, 0.3) is 0 Å². The molecule has 13 heavy (non-hydrogen) atoms. The molecule has 0 radical (unpaired) electrons. The van der Waals surface area contributed by atoms with Gasteiger partial charge in [0.05, 0.1) is 12.3 Å². The number of nitrogens with one attached hydrogen (secondary N) is 1. The third-order valence-electron chi connectivity index (χ3n) is 2.13. The largest absolute Gasteiger partial charge is 0.468 e. The van der Waals surface area contributed by atoms with Crippen molar-refractivity contribution in [1.82, 2.24) is 5.32 Å². The molecule has 0 amide bonds. The Labute approximate surface area is 79.6 Å². The number of hydrogen-bond donors (Lipinski definition) is 1. The zero-order chi connectivity index (χ0) is 9.68. The maximum absolute atomic E-state index is 5.27. The summed E-state index contributed by atoms with van der Waals surface area (Å²) in [5.74, 6) is 0.976. The van der Waals surface area contributed by atoms with Crippen molar-refractivity contribution >= 4 is 0 Å². The molecule has 1 heterocycles. The molecule has 2 heteroatoms. The molecule has 0 spiro atoms. The standard InChI is InChI=1S/C11H17NO/c1-4-9(2)8-12-10(3)11-6-5-7-13-11/h5-7,10,12H,2,4,8H2,1,3H3. The van der Waals surface area contributed by atoms with Gasteiger partial charge in [-0.05, 0) is 25.5 Å². The second-order valence-electron chi connectivity index (χ2n) is 3.22. The first kappa shape index (κ1) is 10.1. The lowest BCUT2D eigenvalue weighted by Crippen LogP contribution is -2.20. The summed E-state index contributed by atoms with van der Waals surface area (Å²) in [4.78, 5) is 0. The molecular formula is C11H17NO. The highest BCUT2D eigenvalue weighted by molar-refractivity contribution is 5.04. The SMILES string of the molecule is C=C(CC)CNC(C)c1ccco1. The van der Waals surface area contributed by atoms with E-state index in [1.165, 1.54) is 5.57 Å². The predicted octanol–water partition coefficient (Wildman–Crippen LogP) is 2.90. The van der Waals surface area contributed by atoms with Crippen LogP contribution in [-0.2, 0) is 0 Å². The van der Waals surface area contributed by atoms with Gasteiger partial charge in [-0.2, -0.15) is 0 Å². The first-order valence-electron chi connectivity index (χ1n) is 4.67. The second kappa shape index (κ2) is 4.87. The van der Waals surface area contributed by atoms with Crippen LogP contribution in [0.15, 0.2) is 35.0 Å². The van der Waals surface area contributed by atoms with Gasteiger partial charge in [-0.3, -0.25) is 0 Å². The zero-order valence-corrected chi connectivity index (χ0v) is 8.34. The molecule has 1 rings (SSSR count). The lowest BCUT2D eigenvalue weighted by molar-refractivity contribution is 0.439. The van der Waals surface area contributed by atoms with Crippen LogP contribution < -0.4 is 5.32 Å². The van der Waals surface area contributed by atoms with Crippen LogP contribution in [0.5, 0.6) is 0 Å². The normalized spacial score (nSPS) is 12.8. The fourth-order valence-corrected chi connectivity index (χ4v) is 1.06. The van der Waals surface area contributed by atoms with Gasteiger partial charge in [0.2, 0.25) is 0 Å². The summed E-state index contributed by atoms with van der Waals surface area (Å²) in [6.07, 6.45) is 2.72. The molecule has 0 aliphatic heterocycles. The fraction of sp³-hybridized carbons (Fsp3) is 0.455. The average molecular weight is 179 g/mol. The second-order valence-corrected chi connectivity index (χ2v) is 3.22. The van der Waals surface area contributed by atoms with Gasteiger partial charge in [0, 0.05) is 6.54 Å². The molecule has 1 aromatic rings. The molecular weight excluding hydrogens is 162 g/mol. The maximum atomic E-state index is 5.27. The summed E-state index contributed by atoms with van der Waals surface area (Å²) < 4.78 is 5.27. The Kier molecular flexibility index (Phi) is 3.77. The molecule has 0 saturated carbocycles. The Morgan fingerprint density at radius 3 is 3.00 bits per heavy atom. The van der Waals surface area contributed by atoms with Crippen molar-refractivity contribution in [1.29, 1.82) is 0 Å². The first-order chi connectivity index (χ1) is 6.24. The van der Waals surface area contributed by atoms with Crippen molar-refractivity contribution in [2.24, 2.45) is 0 Å². The molecule has 0 aliphatic rings. The molecule has 1 atom stereocenters. The number of furan rings is 1. The van der Waals surface area contributed by atoms with Gasteiger partial charge in [0.1, 0.15) is 5.76 Å². The van der Waals surface area contributed by atoms with E-state index >= 15 is 0 Å². The van der Waals surface area contributed by atoms with Crippen molar-refractivity contribution in [3.63, 3.8) is 0 Å². The van der Waals surface area contributed by atoms with E-state index in [2.05, 4.69) is 25.7 Å². The van der Waals surface area contributed by atoms with Crippen LogP contribution in [0.4, 0.5) is 0 Å². The fourth-order valence-electron chi connectivity index (χ4n) is 1.06. The first-order valence-corrected chi connectivity index (χ1v) is 4.67. The molecule has 1 aromatic heterocycles. The van der Waals surface area contributed by atoms with Crippen LogP contribution in [-0.4, -0.2) is 6.54 Å². The van der Waals surface area contributed by atoms with Crippen LogP contribution in [0.3, 0.4) is 0 Å². The smallest absolute Gasteiger partial charge is 0.120 e. The van der Waals surface area contributed by atoms with Crippen molar-refractivity contribution in [3.05, 3.63) is 36.3 Å². The van der Waals surface area contributed by atoms with Gasteiger partial charge in [0.25, 0.3) is 0 Å². The third kappa shape index (κ3) is 3.07. The van der Waals surface area contributed by atoms with E-state index < -0.39 is 0 Å². The van der Waals surface area contributed by atoms with Gasteiger partial charge in [-0.25, -0.2) is 0 Å². The lowest BCUT2D eigenvalue weighted by atomic mass is 10.2. The monoisotopic (exact) mass is 179 g/mol. The van der Waals surface area contributed by atoms with Gasteiger partial charge < -0.3 is 9.73 Å². The van der Waals surface area contributed by atoms with E-state index in [9.17, 15) is 0 Å².